The van der Waals surface area contributed by atoms with Crippen molar-refractivity contribution >= 4 is 41.3 Å². The number of likely N-dealkylation sites (tertiary alicyclic amines) is 1. The fourth-order valence-electron chi connectivity index (χ4n) is 3.35. The molecule has 0 amide bonds. The van der Waals surface area contributed by atoms with Crippen LogP contribution in [0.25, 0.3) is 0 Å². The summed E-state index contributed by atoms with van der Waals surface area (Å²) in [4.78, 5) is 7.02. The number of guanidine groups is 1. The van der Waals surface area contributed by atoms with Crippen LogP contribution in [-0.2, 0) is 13.1 Å². The summed E-state index contributed by atoms with van der Waals surface area (Å²) < 4.78 is 13.8. The number of thiophene rings is 1. The van der Waals surface area contributed by atoms with Gasteiger partial charge in [-0.05, 0) is 67.2 Å². The van der Waals surface area contributed by atoms with Gasteiger partial charge in [0.25, 0.3) is 0 Å². The van der Waals surface area contributed by atoms with Crippen molar-refractivity contribution in [3.05, 3.63) is 58.0 Å². The van der Waals surface area contributed by atoms with Gasteiger partial charge in [-0.2, -0.15) is 11.3 Å². The summed E-state index contributed by atoms with van der Waals surface area (Å²) in [5.41, 5.74) is 2.04. The molecular weight excluding hydrogens is 486 g/mol. The summed E-state index contributed by atoms with van der Waals surface area (Å²) in [6.07, 6.45) is 2.26. The highest BCUT2D eigenvalue weighted by Crippen LogP contribution is 2.19. The van der Waals surface area contributed by atoms with Crippen molar-refractivity contribution in [3.8, 4) is 0 Å². The van der Waals surface area contributed by atoms with Crippen molar-refractivity contribution in [2.75, 3.05) is 26.2 Å². The third-order valence-corrected chi connectivity index (χ3v) is 5.69. The molecule has 1 saturated heterocycles. The van der Waals surface area contributed by atoms with E-state index in [1.165, 1.54) is 5.56 Å². The van der Waals surface area contributed by atoms with Gasteiger partial charge in [-0.15, -0.1) is 24.0 Å². The van der Waals surface area contributed by atoms with Crippen molar-refractivity contribution < 1.29 is 4.39 Å². The Labute approximate surface area is 188 Å². The maximum absolute atomic E-state index is 13.8. The molecule has 0 saturated carbocycles. The molecule has 3 rings (SSSR count). The lowest BCUT2D eigenvalue weighted by Gasteiger charge is -2.32. The molecule has 7 heteroatoms. The van der Waals surface area contributed by atoms with Crippen LogP contribution < -0.4 is 10.6 Å². The molecule has 1 fully saturated rings. The number of piperidine rings is 1. The van der Waals surface area contributed by atoms with Gasteiger partial charge >= 0.3 is 0 Å². The van der Waals surface area contributed by atoms with E-state index in [1.807, 2.05) is 12.1 Å². The lowest BCUT2D eigenvalue weighted by molar-refractivity contribution is 0.176. The van der Waals surface area contributed by atoms with Gasteiger partial charge in [0.1, 0.15) is 5.82 Å². The van der Waals surface area contributed by atoms with Gasteiger partial charge < -0.3 is 10.6 Å². The van der Waals surface area contributed by atoms with Gasteiger partial charge in [0.2, 0.25) is 0 Å². The zero-order valence-electron chi connectivity index (χ0n) is 16.4. The maximum Gasteiger partial charge on any atom is 0.191 e. The highest BCUT2D eigenvalue weighted by atomic mass is 127. The molecule has 4 nitrogen and oxygen atoms in total. The highest BCUT2D eigenvalue weighted by molar-refractivity contribution is 14.0. The van der Waals surface area contributed by atoms with Crippen LogP contribution in [0.1, 0.15) is 30.9 Å². The molecule has 0 bridgehead atoms. The number of benzene rings is 1. The average Bonchev–Trinajstić information content (AvgIpc) is 3.21. The largest absolute Gasteiger partial charge is 0.357 e. The monoisotopic (exact) mass is 516 g/mol. The van der Waals surface area contributed by atoms with Crippen LogP contribution in [0.3, 0.4) is 0 Å². The normalized spacial score (nSPS) is 15.9. The first-order chi connectivity index (χ1) is 13.2. The fourth-order valence-corrected chi connectivity index (χ4v) is 4.01. The number of hydrogen-bond donors (Lipinski definition) is 2. The Bertz CT molecular complexity index is 715. The standard InChI is InChI=1S/C21H29FN4S.HI/c1-2-23-21(25-14-18-9-12-27-16-18)24-13-17-7-10-26(11-8-17)15-19-5-3-4-6-20(19)22;/h3-6,9,12,16-17H,2,7-8,10-11,13-15H2,1H3,(H2,23,24,25);1H. The summed E-state index contributed by atoms with van der Waals surface area (Å²) in [6, 6.07) is 9.20. The third-order valence-electron chi connectivity index (χ3n) is 4.96. The molecule has 1 aliphatic heterocycles. The van der Waals surface area contributed by atoms with E-state index in [1.54, 1.807) is 23.5 Å². The number of rotatable bonds is 7. The molecule has 28 heavy (non-hydrogen) atoms. The second kappa shape index (κ2) is 12.4. The van der Waals surface area contributed by atoms with E-state index in [9.17, 15) is 4.39 Å². The Kier molecular flexibility index (Phi) is 10.2. The first kappa shape index (κ1) is 23.1. The Hall–Kier alpha value is -1.19. The van der Waals surface area contributed by atoms with Crippen molar-refractivity contribution in [1.82, 2.24) is 15.5 Å². The van der Waals surface area contributed by atoms with Gasteiger partial charge in [-0.1, -0.05) is 18.2 Å². The quantitative estimate of drug-likeness (QED) is 0.324. The average molecular weight is 516 g/mol. The smallest absolute Gasteiger partial charge is 0.191 e. The van der Waals surface area contributed by atoms with Crippen LogP contribution in [0.5, 0.6) is 0 Å². The van der Waals surface area contributed by atoms with Crippen molar-refractivity contribution in [2.24, 2.45) is 10.9 Å². The van der Waals surface area contributed by atoms with Gasteiger partial charge in [0, 0.05) is 25.2 Å². The molecule has 0 atom stereocenters. The third kappa shape index (κ3) is 7.33. The molecule has 1 aromatic carbocycles. The minimum absolute atomic E-state index is 0. The first-order valence-corrected chi connectivity index (χ1v) is 10.7. The predicted octanol–water partition coefficient (Wildman–Crippen LogP) is 4.47. The summed E-state index contributed by atoms with van der Waals surface area (Å²) in [5, 5.41) is 11.0. The molecular formula is C21H30FIN4S. The highest BCUT2D eigenvalue weighted by Gasteiger charge is 2.20. The number of nitrogens with zero attached hydrogens (tertiary/aromatic N) is 2. The molecule has 1 aromatic heterocycles. The molecule has 0 radical (unpaired) electrons. The molecule has 0 aliphatic carbocycles. The molecule has 2 N–H and O–H groups in total. The van der Waals surface area contributed by atoms with Crippen molar-refractivity contribution in [1.29, 1.82) is 0 Å². The van der Waals surface area contributed by atoms with E-state index < -0.39 is 0 Å². The molecule has 0 spiro atoms. The zero-order chi connectivity index (χ0) is 18.9. The Morgan fingerprint density at radius 2 is 2.00 bits per heavy atom. The first-order valence-electron chi connectivity index (χ1n) is 9.73. The summed E-state index contributed by atoms with van der Waals surface area (Å²) in [5.74, 6) is 1.42. The van der Waals surface area contributed by atoms with Crippen LogP contribution >= 0.6 is 35.3 Å². The van der Waals surface area contributed by atoms with E-state index in [0.29, 0.717) is 19.0 Å². The van der Waals surface area contributed by atoms with E-state index in [0.717, 1.165) is 50.5 Å². The maximum atomic E-state index is 13.8. The van der Waals surface area contributed by atoms with E-state index in [2.05, 4.69) is 44.3 Å². The van der Waals surface area contributed by atoms with Gasteiger partial charge in [0.05, 0.1) is 6.54 Å². The lowest BCUT2D eigenvalue weighted by Crippen LogP contribution is -2.42. The van der Waals surface area contributed by atoms with Crippen LogP contribution in [-0.4, -0.2) is 37.0 Å². The number of halogens is 2. The van der Waals surface area contributed by atoms with Crippen LogP contribution in [0.4, 0.5) is 4.39 Å². The molecule has 2 aromatic rings. The SMILES string of the molecule is CCNC(=NCc1ccsc1)NCC1CCN(Cc2ccccc2F)CC1.I. The van der Waals surface area contributed by atoms with E-state index in [-0.39, 0.29) is 29.8 Å². The van der Waals surface area contributed by atoms with Crippen molar-refractivity contribution in [3.63, 3.8) is 0 Å². The predicted molar refractivity (Wildman–Crippen MR) is 127 cm³/mol. The zero-order valence-corrected chi connectivity index (χ0v) is 19.5. The number of nitrogens with one attached hydrogen (secondary N) is 2. The minimum atomic E-state index is -0.0987. The molecule has 1 aliphatic rings. The van der Waals surface area contributed by atoms with Crippen molar-refractivity contribution in [2.45, 2.75) is 32.9 Å². The second-order valence-electron chi connectivity index (χ2n) is 7.02. The van der Waals surface area contributed by atoms with Crippen LogP contribution in [0.2, 0.25) is 0 Å². The van der Waals surface area contributed by atoms with Crippen LogP contribution in [0.15, 0.2) is 46.1 Å². The van der Waals surface area contributed by atoms with E-state index in [4.69, 9.17) is 0 Å². The number of aliphatic imine (C=N–C) groups is 1. The Morgan fingerprint density at radius 3 is 2.68 bits per heavy atom. The van der Waals surface area contributed by atoms with Gasteiger partial charge in [-0.3, -0.25) is 4.90 Å². The second-order valence-corrected chi connectivity index (χ2v) is 7.80. The Balaban J connectivity index is 0.00000280. The topological polar surface area (TPSA) is 39.7 Å². The molecule has 0 unspecified atom stereocenters. The summed E-state index contributed by atoms with van der Waals surface area (Å²) in [6.45, 7) is 7.33. The minimum Gasteiger partial charge on any atom is -0.357 e. The summed E-state index contributed by atoms with van der Waals surface area (Å²) in [7, 11) is 0. The van der Waals surface area contributed by atoms with E-state index >= 15 is 0 Å². The fraction of sp³-hybridized carbons (Fsp3) is 0.476. The summed E-state index contributed by atoms with van der Waals surface area (Å²) >= 11 is 1.70. The molecule has 154 valence electrons. The molecule has 2 heterocycles. The lowest BCUT2D eigenvalue weighted by atomic mass is 9.96. The number of hydrogen-bond acceptors (Lipinski definition) is 3. The van der Waals surface area contributed by atoms with Gasteiger partial charge in [0.15, 0.2) is 5.96 Å². The van der Waals surface area contributed by atoms with Crippen LogP contribution in [0, 0.1) is 11.7 Å². The van der Waals surface area contributed by atoms with Gasteiger partial charge in [-0.25, -0.2) is 9.38 Å². The Morgan fingerprint density at radius 1 is 1.21 bits per heavy atom.